The van der Waals surface area contributed by atoms with Crippen LogP contribution in [-0.4, -0.2) is 36.2 Å². The average Bonchev–Trinajstić information content (AvgIpc) is 2.52. The van der Waals surface area contributed by atoms with Gasteiger partial charge >= 0.3 is 0 Å². The summed E-state index contributed by atoms with van der Waals surface area (Å²) >= 11 is 5.80. The fourth-order valence-electron chi connectivity index (χ4n) is 2.06. The smallest absolute Gasteiger partial charge is 0.240 e. The summed E-state index contributed by atoms with van der Waals surface area (Å²) in [6.07, 6.45) is 1.06. The fourth-order valence-corrected chi connectivity index (χ4v) is 4.15. The van der Waals surface area contributed by atoms with E-state index in [1.165, 1.54) is 12.1 Å². The highest BCUT2D eigenvalue weighted by atomic mass is 35.5. The second-order valence-electron chi connectivity index (χ2n) is 5.02. The molecule has 0 aliphatic heterocycles. The molecule has 2 aromatic rings. The normalized spacial score (nSPS) is 12.1. The molecule has 0 atom stereocenters. The molecule has 9 heteroatoms. The van der Waals surface area contributed by atoms with Crippen LogP contribution in [0.4, 0.5) is 5.69 Å². The lowest BCUT2D eigenvalue weighted by molar-refractivity contribution is 0.578. The first-order valence-corrected chi connectivity index (χ1v) is 10.7. The SMILES string of the molecule is CS(=O)(=O)N(CCNS(=O)(=O)c1ccccc1)c1ccc(Cl)cc1. The number of sulfonamides is 2. The lowest BCUT2D eigenvalue weighted by atomic mass is 10.3. The molecule has 0 unspecified atom stereocenters. The van der Waals surface area contributed by atoms with Gasteiger partial charge in [-0.3, -0.25) is 4.31 Å². The van der Waals surface area contributed by atoms with E-state index in [1.807, 2.05) is 0 Å². The molecular formula is C15H17ClN2O4S2. The molecule has 0 heterocycles. The van der Waals surface area contributed by atoms with E-state index in [-0.39, 0.29) is 18.0 Å². The van der Waals surface area contributed by atoms with Gasteiger partial charge in [-0.2, -0.15) is 0 Å². The summed E-state index contributed by atoms with van der Waals surface area (Å²) in [7, 11) is -7.24. The molecule has 6 nitrogen and oxygen atoms in total. The Kier molecular flexibility index (Phi) is 5.87. The van der Waals surface area contributed by atoms with Crippen molar-refractivity contribution in [2.45, 2.75) is 4.90 Å². The number of halogens is 1. The number of nitrogens with zero attached hydrogens (tertiary/aromatic N) is 1. The largest absolute Gasteiger partial charge is 0.269 e. The van der Waals surface area contributed by atoms with Crippen molar-refractivity contribution in [2.24, 2.45) is 0 Å². The van der Waals surface area contributed by atoms with Crippen molar-refractivity contribution in [3.63, 3.8) is 0 Å². The van der Waals surface area contributed by atoms with E-state index >= 15 is 0 Å². The molecule has 0 radical (unpaired) electrons. The van der Waals surface area contributed by atoms with Crippen molar-refractivity contribution in [1.29, 1.82) is 0 Å². The van der Waals surface area contributed by atoms with E-state index in [1.54, 1.807) is 42.5 Å². The molecule has 2 rings (SSSR count). The second kappa shape index (κ2) is 7.52. The molecule has 1 N–H and O–H groups in total. The summed E-state index contributed by atoms with van der Waals surface area (Å²) in [5.74, 6) is 0. The van der Waals surface area contributed by atoms with Crippen molar-refractivity contribution in [3.05, 3.63) is 59.6 Å². The minimum absolute atomic E-state index is 0.0352. The summed E-state index contributed by atoms with van der Waals surface area (Å²) in [6, 6.07) is 14.2. The van der Waals surface area contributed by atoms with Crippen molar-refractivity contribution in [2.75, 3.05) is 23.7 Å². The first-order valence-electron chi connectivity index (χ1n) is 6.98. The minimum atomic E-state index is -3.68. The Morgan fingerprint density at radius 1 is 0.958 bits per heavy atom. The predicted octanol–water partition coefficient (Wildman–Crippen LogP) is 2.08. The van der Waals surface area contributed by atoms with E-state index in [0.717, 1.165) is 10.6 Å². The number of nitrogens with one attached hydrogen (secondary N) is 1. The Labute approximate surface area is 147 Å². The molecule has 130 valence electrons. The Hall–Kier alpha value is -1.61. The Bertz CT molecular complexity index is 883. The molecule has 0 amide bonds. The highest BCUT2D eigenvalue weighted by molar-refractivity contribution is 7.92. The van der Waals surface area contributed by atoms with Gasteiger partial charge < -0.3 is 0 Å². The molecule has 0 aromatic heterocycles. The number of benzene rings is 2. The molecule has 0 aliphatic rings. The lowest BCUT2D eigenvalue weighted by Gasteiger charge is -2.22. The van der Waals surface area contributed by atoms with Crippen LogP contribution >= 0.6 is 11.6 Å². The molecule has 0 saturated heterocycles. The minimum Gasteiger partial charge on any atom is -0.269 e. The fraction of sp³-hybridized carbons (Fsp3) is 0.200. The van der Waals surface area contributed by atoms with Gasteiger partial charge in [-0.05, 0) is 36.4 Å². The van der Waals surface area contributed by atoms with Crippen molar-refractivity contribution < 1.29 is 16.8 Å². The van der Waals surface area contributed by atoms with Gasteiger partial charge in [0.25, 0.3) is 0 Å². The number of anilines is 1. The third-order valence-corrected chi connectivity index (χ3v) is 6.10. The summed E-state index contributed by atoms with van der Waals surface area (Å²) in [6.45, 7) is -0.0978. The highest BCUT2D eigenvalue weighted by Crippen LogP contribution is 2.20. The lowest BCUT2D eigenvalue weighted by Crippen LogP contribution is -2.38. The van der Waals surface area contributed by atoms with Gasteiger partial charge in [0.05, 0.1) is 16.8 Å². The standard InChI is InChI=1S/C15H17ClN2O4S2/c1-23(19,20)18(14-9-7-13(16)8-10-14)12-11-17-24(21,22)15-5-3-2-4-6-15/h2-10,17H,11-12H2,1H3. The van der Waals surface area contributed by atoms with Gasteiger partial charge in [0, 0.05) is 18.1 Å². The van der Waals surface area contributed by atoms with Crippen LogP contribution in [0.2, 0.25) is 5.02 Å². The molecular weight excluding hydrogens is 372 g/mol. The first kappa shape index (κ1) is 18.7. The van der Waals surface area contributed by atoms with Crippen LogP contribution in [0.5, 0.6) is 0 Å². The molecule has 24 heavy (non-hydrogen) atoms. The van der Waals surface area contributed by atoms with E-state index in [4.69, 9.17) is 11.6 Å². The first-order chi connectivity index (χ1) is 11.2. The van der Waals surface area contributed by atoms with Crippen LogP contribution in [-0.2, 0) is 20.0 Å². The van der Waals surface area contributed by atoms with Crippen LogP contribution in [0.15, 0.2) is 59.5 Å². The predicted molar refractivity (Wildman–Crippen MR) is 95.3 cm³/mol. The Morgan fingerprint density at radius 3 is 2.08 bits per heavy atom. The van der Waals surface area contributed by atoms with E-state index in [2.05, 4.69) is 4.72 Å². The summed E-state index contributed by atoms with van der Waals surface area (Å²) in [4.78, 5) is 0.127. The van der Waals surface area contributed by atoms with Gasteiger partial charge in [-0.15, -0.1) is 0 Å². The molecule has 2 aromatic carbocycles. The maximum atomic E-state index is 12.1. The van der Waals surface area contributed by atoms with E-state index in [9.17, 15) is 16.8 Å². The van der Waals surface area contributed by atoms with Gasteiger partial charge in [0.2, 0.25) is 20.0 Å². The molecule has 0 fully saturated rings. The van der Waals surface area contributed by atoms with E-state index < -0.39 is 20.0 Å². The Morgan fingerprint density at radius 2 is 1.54 bits per heavy atom. The van der Waals surface area contributed by atoms with Crippen molar-refractivity contribution >= 4 is 37.3 Å². The van der Waals surface area contributed by atoms with Crippen LogP contribution in [0.3, 0.4) is 0 Å². The quantitative estimate of drug-likeness (QED) is 0.787. The van der Waals surface area contributed by atoms with Crippen LogP contribution in [0.1, 0.15) is 0 Å². The molecule has 0 saturated carbocycles. The topological polar surface area (TPSA) is 83.6 Å². The average molecular weight is 389 g/mol. The zero-order valence-corrected chi connectivity index (χ0v) is 15.3. The number of rotatable bonds is 7. The number of hydrogen-bond donors (Lipinski definition) is 1. The summed E-state index contributed by atoms with van der Waals surface area (Å²) < 4.78 is 51.7. The van der Waals surface area contributed by atoms with Crippen molar-refractivity contribution in [3.8, 4) is 0 Å². The third-order valence-electron chi connectivity index (χ3n) is 3.18. The summed E-state index contributed by atoms with van der Waals surface area (Å²) in [5.41, 5.74) is 0.417. The monoisotopic (exact) mass is 388 g/mol. The van der Waals surface area contributed by atoms with Crippen LogP contribution < -0.4 is 9.03 Å². The highest BCUT2D eigenvalue weighted by Gasteiger charge is 2.19. The van der Waals surface area contributed by atoms with Gasteiger partial charge in [-0.25, -0.2) is 21.6 Å². The summed E-state index contributed by atoms with van der Waals surface area (Å²) in [5, 5.41) is 0.483. The van der Waals surface area contributed by atoms with Gasteiger partial charge in [-0.1, -0.05) is 29.8 Å². The zero-order valence-electron chi connectivity index (χ0n) is 12.9. The molecule has 0 spiro atoms. The number of hydrogen-bond acceptors (Lipinski definition) is 4. The van der Waals surface area contributed by atoms with E-state index in [0.29, 0.717) is 10.7 Å². The molecule has 0 aliphatic carbocycles. The van der Waals surface area contributed by atoms with Crippen LogP contribution in [0, 0.1) is 0 Å². The maximum Gasteiger partial charge on any atom is 0.240 e. The van der Waals surface area contributed by atoms with Gasteiger partial charge in [0.15, 0.2) is 0 Å². The Balaban J connectivity index is 2.11. The zero-order chi connectivity index (χ0) is 17.8. The molecule has 0 bridgehead atoms. The third kappa shape index (κ3) is 4.94. The maximum absolute atomic E-state index is 12.1. The second-order valence-corrected chi connectivity index (χ2v) is 9.13. The van der Waals surface area contributed by atoms with Gasteiger partial charge in [0.1, 0.15) is 0 Å². The van der Waals surface area contributed by atoms with Crippen molar-refractivity contribution in [1.82, 2.24) is 4.72 Å². The van der Waals surface area contributed by atoms with Crippen LogP contribution in [0.25, 0.3) is 0 Å².